The molecular formula is C15H24BrN3. The highest BCUT2D eigenvalue weighted by molar-refractivity contribution is 9.10. The first kappa shape index (κ1) is 14.8. The monoisotopic (exact) mass is 325 g/mol. The highest BCUT2D eigenvalue weighted by Gasteiger charge is 2.20. The molecule has 1 aliphatic rings. The van der Waals surface area contributed by atoms with Crippen molar-refractivity contribution in [3.63, 3.8) is 0 Å². The van der Waals surface area contributed by atoms with Crippen LogP contribution in [0.15, 0.2) is 22.7 Å². The summed E-state index contributed by atoms with van der Waals surface area (Å²) < 4.78 is 1.12. The maximum Gasteiger partial charge on any atom is 0.0388 e. The maximum atomic E-state index is 5.96. The third-order valence-corrected chi connectivity index (χ3v) is 4.54. The molecule has 0 amide bonds. The number of nitrogens with two attached hydrogens (primary N) is 1. The van der Waals surface area contributed by atoms with Crippen LogP contribution < -0.4 is 10.6 Å². The van der Waals surface area contributed by atoms with Gasteiger partial charge in [0, 0.05) is 35.3 Å². The van der Waals surface area contributed by atoms with Gasteiger partial charge in [0.05, 0.1) is 0 Å². The summed E-state index contributed by atoms with van der Waals surface area (Å²) in [5.74, 6) is 0. The van der Waals surface area contributed by atoms with Crippen molar-refractivity contribution in [1.29, 1.82) is 0 Å². The summed E-state index contributed by atoms with van der Waals surface area (Å²) in [7, 11) is 2.20. The lowest BCUT2D eigenvalue weighted by Crippen LogP contribution is -2.37. The van der Waals surface area contributed by atoms with Crippen LogP contribution in [0.1, 0.15) is 31.9 Å². The van der Waals surface area contributed by atoms with Crippen molar-refractivity contribution in [2.45, 2.75) is 32.4 Å². The minimum absolute atomic E-state index is 0.0658. The maximum absolute atomic E-state index is 5.96. The summed E-state index contributed by atoms with van der Waals surface area (Å²) in [4.78, 5) is 4.91. The highest BCUT2D eigenvalue weighted by Crippen LogP contribution is 2.29. The molecule has 1 aliphatic heterocycles. The summed E-state index contributed by atoms with van der Waals surface area (Å²) in [5.41, 5.74) is 8.42. The minimum atomic E-state index is 0.0658. The Kier molecular flexibility index (Phi) is 4.87. The van der Waals surface area contributed by atoms with Crippen molar-refractivity contribution < 1.29 is 0 Å². The zero-order valence-corrected chi connectivity index (χ0v) is 13.7. The van der Waals surface area contributed by atoms with E-state index in [1.807, 2.05) is 6.92 Å². The van der Waals surface area contributed by atoms with Gasteiger partial charge in [0.2, 0.25) is 0 Å². The van der Waals surface area contributed by atoms with Crippen molar-refractivity contribution in [3.05, 3.63) is 28.2 Å². The van der Waals surface area contributed by atoms with Crippen molar-refractivity contribution in [3.8, 4) is 0 Å². The van der Waals surface area contributed by atoms with Crippen LogP contribution in [0.2, 0.25) is 0 Å². The fourth-order valence-corrected chi connectivity index (χ4v) is 3.55. The van der Waals surface area contributed by atoms with Crippen LogP contribution in [-0.2, 0) is 0 Å². The highest BCUT2D eigenvalue weighted by atomic mass is 79.9. The first-order valence-corrected chi connectivity index (χ1v) is 7.78. The van der Waals surface area contributed by atoms with E-state index in [1.54, 1.807) is 0 Å². The SMILES string of the molecule is CC(N)c1ccc(N2CCCN(C)CC2C)cc1Br. The number of halogens is 1. The van der Waals surface area contributed by atoms with Gasteiger partial charge in [-0.25, -0.2) is 0 Å². The van der Waals surface area contributed by atoms with Gasteiger partial charge in [-0.05, 0) is 51.6 Å². The molecule has 2 rings (SSSR count). The van der Waals surface area contributed by atoms with Gasteiger partial charge in [0.1, 0.15) is 0 Å². The van der Waals surface area contributed by atoms with Gasteiger partial charge in [-0.1, -0.05) is 22.0 Å². The molecule has 106 valence electrons. The van der Waals surface area contributed by atoms with E-state index >= 15 is 0 Å². The third kappa shape index (κ3) is 3.50. The molecule has 2 atom stereocenters. The predicted molar refractivity (Wildman–Crippen MR) is 85.7 cm³/mol. The Balaban J connectivity index is 2.23. The number of likely N-dealkylation sites (N-methyl/N-ethyl adjacent to an activating group) is 1. The standard InChI is InChI=1S/C15H24BrN3/c1-11-10-18(3)7-4-8-19(11)13-5-6-14(12(2)17)15(16)9-13/h5-6,9,11-12H,4,7-8,10,17H2,1-3H3. The van der Waals surface area contributed by atoms with E-state index in [9.17, 15) is 0 Å². The van der Waals surface area contributed by atoms with E-state index in [4.69, 9.17) is 5.73 Å². The van der Waals surface area contributed by atoms with Crippen LogP contribution in [0.25, 0.3) is 0 Å². The Morgan fingerprint density at radius 1 is 1.37 bits per heavy atom. The summed E-state index contributed by atoms with van der Waals surface area (Å²) in [6.45, 7) is 7.74. The lowest BCUT2D eigenvalue weighted by atomic mass is 10.1. The zero-order valence-electron chi connectivity index (χ0n) is 12.1. The molecule has 0 bridgehead atoms. The Morgan fingerprint density at radius 2 is 2.11 bits per heavy atom. The summed E-state index contributed by atoms with van der Waals surface area (Å²) >= 11 is 3.65. The predicted octanol–water partition coefficient (Wildman–Crippen LogP) is 3.00. The van der Waals surface area contributed by atoms with Crippen LogP contribution in [-0.4, -0.2) is 37.6 Å². The lowest BCUT2D eigenvalue weighted by molar-refractivity contribution is 0.337. The molecule has 19 heavy (non-hydrogen) atoms. The van der Waals surface area contributed by atoms with Crippen molar-refractivity contribution in [2.24, 2.45) is 5.73 Å². The summed E-state index contributed by atoms with van der Waals surface area (Å²) in [5, 5.41) is 0. The summed E-state index contributed by atoms with van der Waals surface area (Å²) in [6, 6.07) is 7.16. The van der Waals surface area contributed by atoms with E-state index in [0.29, 0.717) is 6.04 Å². The second kappa shape index (κ2) is 6.25. The van der Waals surface area contributed by atoms with Crippen LogP contribution in [0.4, 0.5) is 5.69 Å². The molecule has 2 N–H and O–H groups in total. The van der Waals surface area contributed by atoms with Gasteiger partial charge in [-0.2, -0.15) is 0 Å². The normalized spacial score (nSPS) is 23.2. The average Bonchev–Trinajstić information content (AvgIpc) is 2.49. The number of hydrogen-bond donors (Lipinski definition) is 1. The van der Waals surface area contributed by atoms with Gasteiger partial charge >= 0.3 is 0 Å². The number of benzene rings is 1. The lowest BCUT2D eigenvalue weighted by Gasteiger charge is -2.30. The van der Waals surface area contributed by atoms with Crippen LogP contribution in [0, 0.1) is 0 Å². The Bertz CT molecular complexity index is 433. The zero-order chi connectivity index (χ0) is 14.0. The van der Waals surface area contributed by atoms with Crippen LogP contribution in [0.3, 0.4) is 0 Å². The van der Waals surface area contributed by atoms with E-state index in [2.05, 4.69) is 57.9 Å². The first-order valence-electron chi connectivity index (χ1n) is 6.99. The largest absolute Gasteiger partial charge is 0.367 e. The van der Waals surface area contributed by atoms with Gasteiger partial charge in [0.25, 0.3) is 0 Å². The quantitative estimate of drug-likeness (QED) is 0.907. The van der Waals surface area contributed by atoms with Crippen molar-refractivity contribution >= 4 is 21.6 Å². The fourth-order valence-electron chi connectivity index (χ4n) is 2.82. The van der Waals surface area contributed by atoms with Gasteiger partial charge < -0.3 is 15.5 Å². The molecule has 0 aromatic heterocycles. The molecule has 0 spiro atoms. The molecule has 1 aromatic rings. The molecule has 1 aromatic carbocycles. The van der Waals surface area contributed by atoms with E-state index < -0.39 is 0 Å². The van der Waals surface area contributed by atoms with Crippen LogP contribution in [0.5, 0.6) is 0 Å². The molecular weight excluding hydrogens is 302 g/mol. The Labute approximate surface area is 124 Å². The summed E-state index contributed by atoms with van der Waals surface area (Å²) in [6.07, 6.45) is 1.22. The molecule has 1 fully saturated rings. The number of nitrogens with zero attached hydrogens (tertiary/aromatic N) is 2. The Morgan fingerprint density at radius 3 is 2.74 bits per heavy atom. The van der Waals surface area contributed by atoms with Gasteiger partial charge in [-0.3, -0.25) is 0 Å². The van der Waals surface area contributed by atoms with E-state index in [-0.39, 0.29) is 6.04 Å². The number of rotatable bonds is 2. The van der Waals surface area contributed by atoms with Gasteiger partial charge in [0.15, 0.2) is 0 Å². The van der Waals surface area contributed by atoms with Crippen molar-refractivity contribution in [2.75, 3.05) is 31.6 Å². The third-order valence-electron chi connectivity index (χ3n) is 3.85. The van der Waals surface area contributed by atoms with Gasteiger partial charge in [-0.15, -0.1) is 0 Å². The number of hydrogen-bond acceptors (Lipinski definition) is 3. The average molecular weight is 326 g/mol. The second-order valence-electron chi connectivity index (χ2n) is 5.65. The molecule has 1 heterocycles. The molecule has 2 unspecified atom stereocenters. The molecule has 0 saturated carbocycles. The van der Waals surface area contributed by atoms with E-state index in [1.165, 1.54) is 24.2 Å². The van der Waals surface area contributed by atoms with Crippen LogP contribution >= 0.6 is 15.9 Å². The fraction of sp³-hybridized carbons (Fsp3) is 0.600. The number of anilines is 1. The molecule has 3 nitrogen and oxygen atoms in total. The molecule has 0 radical (unpaired) electrons. The smallest absolute Gasteiger partial charge is 0.0388 e. The molecule has 1 saturated heterocycles. The topological polar surface area (TPSA) is 32.5 Å². The molecule has 0 aliphatic carbocycles. The Hall–Kier alpha value is -0.580. The minimum Gasteiger partial charge on any atom is -0.367 e. The van der Waals surface area contributed by atoms with Crippen molar-refractivity contribution in [1.82, 2.24) is 4.90 Å². The molecule has 4 heteroatoms. The second-order valence-corrected chi connectivity index (χ2v) is 6.51. The first-order chi connectivity index (χ1) is 8.99. The van der Waals surface area contributed by atoms with E-state index in [0.717, 1.165) is 17.6 Å².